The highest BCUT2D eigenvalue weighted by atomic mass is 32.1. The number of nitrogens with zero attached hydrogens (tertiary/aromatic N) is 4. The SMILES string of the molecule is C1=NN=CN(c2nc3c(-c4ccccc4)cccc3s2)N1. The zero-order chi connectivity index (χ0) is 14.1. The van der Waals surface area contributed by atoms with Gasteiger partial charge in [-0.3, -0.25) is 5.43 Å². The lowest BCUT2D eigenvalue weighted by Crippen LogP contribution is -2.37. The van der Waals surface area contributed by atoms with E-state index in [2.05, 4.69) is 46.0 Å². The number of nitrogens with one attached hydrogen (secondary N) is 1. The van der Waals surface area contributed by atoms with E-state index in [1.165, 1.54) is 11.9 Å². The van der Waals surface area contributed by atoms with Crippen LogP contribution < -0.4 is 10.4 Å². The van der Waals surface area contributed by atoms with E-state index in [4.69, 9.17) is 4.98 Å². The fourth-order valence-electron chi connectivity index (χ4n) is 2.23. The molecule has 1 aromatic heterocycles. The number of benzene rings is 2. The van der Waals surface area contributed by atoms with Crippen LogP contribution in [0.4, 0.5) is 5.13 Å². The van der Waals surface area contributed by atoms with Crippen LogP contribution in [0, 0.1) is 0 Å². The van der Waals surface area contributed by atoms with E-state index in [1.807, 2.05) is 18.2 Å². The summed E-state index contributed by atoms with van der Waals surface area (Å²) in [5, 5.41) is 10.2. The van der Waals surface area contributed by atoms with E-state index in [0.29, 0.717) is 0 Å². The van der Waals surface area contributed by atoms with Gasteiger partial charge in [-0.1, -0.05) is 53.8 Å². The number of aromatic nitrogens is 1. The van der Waals surface area contributed by atoms with E-state index in [-0.39, 0.29) is 0 Å². The van der Waals surface area contributed by atoms with Gasteiger partial charge in [0.1, 0.15) is 12.7 Å². The number of anilines is 1. The normalized spacial score (nSPS) is 13.6. The summed E-state index contributed by atoms with van der Waals surface area (Å²) in [5.74, 6) is 0. The Morgan fingerprint density at radius 1 is 0.952 bits per heavy atom. The zero-order valence-electron chi connectivity index (χ0n) is 11.0. The summed E-state index contributed by atoms with van der Waals surface area (Å²) in [6.07, 6.45) is 3.14. The molecule has 0 aliphatic carbocycles. The van der Waals surface area contributed by atoms with Crippen molar-refractivity contribution in [1.82, 2.24) is 10.4 Å². The lowest BCUT2D eigenvalue weighted by atomic mass is 10.1. The maximum atomic E-state index is 4.74. The third kappa shape index (κ3) is 2.15. The van der Waals surface area contributed by atoms with Gasteiger partial charge in [0, 0.05) is 5.56 Å². The van der Waals surface area contributed by atoms with Crippen molar-refractivity contribution in [3.05, 3.63) is 48.5 Å². The standard InChI is InChI=1S/C15H11N5S/c1-2-5-11(6-3-1)12-7-4-8-13-14(12)19-15(21-13)20-10-17-16-9-18-20/h1-10H,(H,16,18). The van der Waals surface area contributed by atoms with Gasteiger partial charge in [0.15, 0.2) is 0 Å². The highest BCUT2D eigenvalue weighted by molar-refractivity contribution is 7.22. The minimum absolute atomic E-state index is 0.836. The quantitative estimate of drug-likeness (QED) is 0.789. The Morgan fingerprint density at radius 2 is 1.86 bits per heavy atom. The third-order valence-electron chi connectivity index (χ3n) is 3.19. The highest BCUT2D eigenvalue weighted by Crippen LogP contribution is 2.34. The summed E-state index contributed by atoms with van der Waals surface area (Å²) < 4.78 is 1.14. The highest BCUT2D eigenvalue weighted by Gasteiger charge is 2.14. The van der Waals surface area contributed by atoms with E-state index in [1.54, 1.807) is 22.7 Å². The summed E-state index contributed by atoms with van der Waals surface area (Å²) in [4.78, 5) is 4.74. The molecule has 0 fully saturated rings. The average molecular weight is 293 g/mol. The molecule has 0 bridgehead atoms. The molecular formula is C15H11N5S. The van der Waals surface area contributed by atoms with Gasteiger partial charge in [0.2, 0.25) is 5.13 Å². The molecule has 0 spiro atoms. The molecule has 4 rings (SSSR count). The largest absolute Gasteiger partial charge is 0.279 e. The van der Waals surface area contributed by atoms with Crippen molar-refractivity contribution in [3.63, 3.8) is 0 Å². The van der Waals surface area contributed by atoms with E-state index in [0.717, 1.165) is 20.9 Å². The second kappa shape index (κ2) is 4.99. The first kappa shape index (κ1) is 12.0. The molecule has 1 aliphatic heterocycles. The molecule has 2 heterocycles. The van der Waals surface area contributed by atoms with Crippen LogP contribution in [0.15, 0.2) is 58.7 Å². The molecule has 0 unspecified atom stereocenters. The number of thiazole rings is 1. The van der Waals surface area contributed by atoms with Crippen molar-refractivity contribution in [1.29, 1.82) is 0 Å². The summed E-state index contributed by atoms with van der Waals surface area (Å²) in [6, 6.07) is 16.5. The number of hydrogen-bond donors (Lipinski definition) is 1. The molecule has 0 saturated heterocycles. The maximum absolute atomic E-state index is 4.74. The van der Waals surface area contributed by atoms with Gasteiger partial charge in [-0.05, 0) is 11.6 Å². The first-order valence-electron chi connectivity index (χ1n) is 6.47. The average Bonchev–Trinajstić information content (AvgIpc) is 3.00. The first-order chi connectivity index (χ1) is 10.4. The Kier molecular flexibility index (Phi) is 2.86. The molecule has 0 radical (unpaired) electrons. The van der Waals surface area contributed by atoms with Crippen LogP contribution in [-0.2, 0) is 0 Å². The monoisotopic (exact) mass is 293 g/mol. The fraction of sp³-hybridized carbons (Fsp3) is 0. The number of para-hydroxylation sites is 1. The summed E-state index contributed by atoms with van der Waals surface area (Å²) in [6.45, 7) is 0. The molecule has 102 valence electrons. The molecule has 0 amide bonds. The summed E-state index contributed by atoms with van der Waals surface area (Å²) >= 11 is 1.61. The predicted octanol–water partition coefficient (Wildman–Crippen LogP) is 3.26. The topological polar surface area (TPSA) is 52.9 Å². The van der Waals surface area contributed by atoms with Crippen molar-refractivity contribution in [3.8, 4) is 11.1 Å². The molecule has 0 saturated carbocycles. The van der Waals surface area contributed by atoms with Crippen LogP contribution in [0.2, 0.25) is 0 Å². The van der Waals surface area contributed by atoms with Gasteiger partial charge >= 0.3 is 0 Å². The maximum Gasteiger partial charge on any atom is 0.211 e. The Hall–Kier alpha value is -2.73. The molecule has 0 atom stereocenters. The van der Waals surface area contributed by atoms with Crippen LogP contribution in [0.1, 0.15) is 0 Å². The Morgan fingerprint density at radius 3 is 2.67 bits per heavy atom. The van der Waals surface area contributed by atoms with E-state index < -0.39 is 0 Å². The van der Waals surface area contributed by atoms with Gasteiger partial charge in [0.05, 0.1) is 10.2 Å². The van der Waals surface area contributed by atoms with Crippen LogP contribution in [0.5, 0.6) is 0 Å². The molecule has 21 heavy (non-hydrogen) atoms. The van der Waals surface area contributed by atoms with Gasteiger partial charge in [-0.15, -0.1) is 10.2 Å². The minimum atomic E-state index is 0.836. The fourth-order valence-corrected chi connectivity index (χ4v) is 3.16. The molecular weight excluding hydrogens is 282 g/mol. The number of hydrazine groups is 1. The van der Waals surface area contributed by atoms with E-state index in [9.17, 15) is 0 Å². The molecule has 1 N–H and O–H groups in total. The minimum Gasteiger partial charge on any atom is -0.279 e. The van der Waals surface area contributed by atoms with Crippen molar-refractivity contribution in [2.24, 2.45) is 10.2 Å². The zero-order valence-corrected chi connectivity index (χ0v) is 11.8. The Labute approximate surface area is 125 Å². The van der Waals surface area contributed by atoms with Gasteiger partial charge < -0.3 is 0 Å². The van der Waals surface area contributed by atoms with Crippen molar-refractivity contribution >= 4 is 39.4 Å². The van der Waals surface area contributed by atoms with Crippen LogP contribution >= 0.6 is 11.3 Å². The lowest BCUT2D eigenvalue weighted by molar-refractivity contribution is 0.948. The van der Waals surface area contributed by atoms with Crippen LogP contribution in [0.3, 0.4) is 0 Å². The van der Waals surface area contributed by atoms with Gasteiger partial charge in [0.25, 0.3) is 0 Å². The van der Waals surface area contributed by atoms with Gasteiger partial charge in [-0.25, -0.2) is 9.99 Å². The number of fused-ring (bicyclic) bond motifs is 1. The second-order valence-corrected chi connectivity index (χ2v) is 5.50. The Bertz CT molecular complexity index is 838. The molecule has 5 nitrogen and oxygen atoms in total. The van der Waals surface area contributed by atoms with Crippen LogP contribution in [0.25, 0.3) is 21.3 Å². The van der Waals surface area contributed by atoms with Crippen molar-refractivity contribution < 1.29 is 0 Å². The molecule has 2 aromatic carbocycles. The first-order valence-corrected chi connectivity index (χ1v) is 7.29. The second-order valence-electron chi connectivity index (χ2n) is 4.49. The predicted molar refractivity (Wildman–Crippen MR) is 87.7 cm³/mol. The summed E-state index contributed by atoms with van der Waals surface area (Å²) in [7, 11) is 0. The lowest BCUT2D eigenvalue weighted by Gasteiger charge is -2.15. The summed E-state index contributed by atoms with van der Waals surface area (Å²) in [5.41, 5.74) is 6.30. The van der Waals surface area contributed by atoms with E-state index >= 15 is 0 Å². The molecule has 1 aliphatic rings. The van der Waals surface area contributed by atoms with Crippen molar-refractivity contribution in [2.75, 3.05) is 5.01 Å². The molecule has 6 heteroatoms. The molecule has 3 aromatic rings. The third-order valence-corrected chi connectivity index (χ3v) is 4.21. The van der Waals surface area contributed by atoms with Crippen molar-refractivity contribution in [2.45, 2.75) is 0 Å². The smallest absolute Gasteiger partial charge is 0.211 e. The number of rotatable bonds is 2. The number of hydrogen-bond acceptors (Lipinski definition) is 6. The van der Waals surface area contributed by atoms with Crippen LogP contribution in [-0.4, -0.2) is 17.7 Å². The van der Waals surface area contributed by atoms with Gasteiger partial charge in [-0.2, -0.15) is 0 Å². The Balaban J connectivity index is 1.84.